The van der Waals surface area contributed by atoms with Crippen molar-refractivity contribution in [3.8, 4) is 0 Å². The third-order valence-corrected chi connectivity index (χ3v) is 2.17. The fraction of sp³-hybridized carbons (Fsp3) is 0.727. The molecule has 1 fully saturated rings. The normalized spacial score (nSPS) is 20.1. The first kappa shape index (κ1) is 12.2. The van der Waals surface area contributed by atoms with Gasteiger partial charge in [-0.25, -0.2) is 4.79 Å². The third-order valence-electron chi connectivity index (χ3n) is 2.17. The first-order chi connectivity index (χ1) is 7.33. The van der Waals surface area contributed by atoms with E-state index >= 15 is 0 Å². The second kappa shape index (κ2) is 7.43. The van der Waals surface area contributed by atoms with Crippen LogP contribution in [-0.2, 0) is 19.0 Å². The number of ether oxygens (including phenoxy) is 3. The fourth-order valence-corrected chi connectivity index (χ4v) is 1.38. The van der Waals surface area contributed by atoms with Gasteiger partial charge in [0.2, 0.25) is 0 Å². The van der Waals surface area contributed by atoms with Gasteiger partial charge in [0.05, 0.1) is 19.3 Å². The average molecular weight is 214 g/mol. The molecule has 4 heteroatoms. The quantitative estimate of drug-likeness (QED) is 0.364. The fourth-order valence-electron chi connectivity index (χ4n) is 1.38. The predicted molar refractivity (Wildman–Crippen MR) is 55.6 cm³/mol. The topological polar surface area (TPSA) is 44.8 Å². The molecule has 0 aliphatic carbocycles. The van der Waals surface area contributed by atoms with E-state index in [9.17, 15) is 4.79 Å². The average Bonchev–Trinajstić information content (AvgIpc) is 2.75. The van der Waals surface area contributed by atoms with Crippen LogP contribution in [-0.4, -0.2) is 38.5 Å². The van der Waals surface area contributed by atoms with E-state index in [4.69, 9.17) is 14.2 Å². The van der Waals surface area contributed by atoms with Crippen molar-refractivity contribution in [3.63, 3.8) is 0 Å². The number of hydrogen-bond donors (Lipinski definition) is 0. The maximum atomic E-state index is 10.7. The summed E-state index contributed by atoms with van der Waals surface area (Å²) in [4.78, 5) is 10.7. The molecule has 0 spiro atoms. The number of esters is 1. The van der Waals surface area contributed by atoms with E-state index in [0.29, 0.717) is 26.2 Å². The molecule has 1 saturated heterocycles. The molecule has 86 valence electrons. The lowest BCUT2D eigenvalue weighted by Crippen LogP contribution is -2.15. The van der Waals surface area contributed by atoms with Crippen LogP contribution in [0.1, 0.15) is 19.3 Å². The smallest absolute Gasteiger partial charge is 0.330 e. The largest absolute Gasteiger partial charge is 0.462 e. The summed E-state index contributed by atoms with van der Waals surface area (Å²) in [6, 6.07) is 0. The molecule has 0 aromatic heterocycles. The van der Waals surface area contributed by atoms with Gasteiger partial charge >= 0.3 is 5.97 Å². The van der Waals surface area contributed by atoms with Crippen LogP contribution < -0.4 is 0 Å². The number of rotatable bonds is 7. The molecule has 0 saturated carbocycles. The van der Waals surface area contributed by atoms with Crippen molar-refractivity contribution in [2.24, 2.45) is 0 Å². The Bertz CT molecular complexity index is 197. The Morgan fingerprint density at radius 1 is 1.53 bits per heavy atom. The lowest BCUT2D eigenvalue weighted by atomic mass is 10.2. The van der Waals surface area contributed by atoms with Gasteiger partial charge in [-0.1, -0.05) is 6.58 Å². The van der Waals surface area contributed by atoms with Crippen molar-refractivity contribution in [3.05, 3.63) is 12.7 Å². The molecule has 0 N–H and O–H groups in total. The Kier molecular flexibility index (Phi) is 6.04. The second-order valence-electron chi connectivity index (χ2n) is 3.44. The Hall–Kier alpha value is -0.870. The first-order valence-electron chi connectivity index (χ1n) is 5.31. The molecule has 1 unspecified atom stereocenters. The Labute approximate surface area is 90.2 Å². The number of carbonyl (C=O) groups is 1. The van der Waals surface area contributed by atoms with Gasteiger partial charge in [0.25, 0.3) is 0 Å². The molecule has 0 bridgehead atoms. The van der Waals surface area contributed by atoms with Gasteiger partial charge in [-0.05, 0) is 12.8 Å². The van der Waals surface area contributed by atoms with Gasteiger partial charge in [-0.2, -0.15) is 0 Å². The molecule has 1 heterocycles. The van der Waals surface area contributed by atoms with Crippen molar-refractivity contribution in [2.75, 3.05) is 26.4 Å². The van der Waals surface area contributed by atoms with Crippen molar-refractivity contribution in [1.29, 1.82) is 0 Å². The summed E-state index contributed by atoms with van der Waals surface area (Å²) in [7, 11) is 0. The van der Waals surface area contributed by atoms with E-state index < -0.39 is 0 Å². The van der Waals surface area contributed by atoms with E-state index in [-0.39, 0.29) is 12.1 Å². The molecule has 1 aliphatic heterocycles. The first-order valence-corrected chi connectivity index (χ1v) is 5.31. The molecule has 0 aromatic carbocycles. The highest BCUT2D eigenvalue weighted by atomic mass is 16.5. The molecule has 1 atom stereocenters. The van der Waals surface area contributed by atoms with Gasteiger partial charge in [0, 0.05) is 25.7 Å². The van der Waals surface area contributed by atoms with Crippen molar-refractivity contribution in [1.82, 2.24) is 0 Å². The van der Waals surface area contributed by atoms with Crippen LogP contribution in [0.3, 0.4) is 0 Å². The molecule has 0 radical (unpaired) electrons. The van der Waals surface area contributed by atoms with Gasteiger partial charge < -0.3 is 14.2 Å². The van der Waals surface area contributed by atoms with E-state index in [0.717, 1.165) is 25.5 Å². The van der Waals surface area contributed by atoms with Gasteiger partial charge in [0.1, 0.15) is 0 Å². The van der Waals surface area contributed by atoms with E-state index in [2.05, 4.69) is 6.58 Å². The summed E-state index contributed by atoms with van der Waals surface area (Å²) in [5.41, 5.74) is 0. The second-order valence-corrected chi connectivity index (χ2v) is 3.44. The molecule has 1 rings (SSSR count). The Morgan fingerprint density at radius 3 is 3.07 bits per heavy atom. The molecule has 0 aromatic rings. The lowest BCUT2D eigenvalue weighted by molar-refractivity contribution is -0.138. The predicted octanol–water partition coefficient (Wildman–Crippen LogP) is 1.30. The zero-order valence-corrected chi connectivity index (χ0v) is 8.94. The SMILES string of the molecule is C=CC(=O)OCCCOCC1CCCO1. The van der Waals surface area contributed by atoms with Crippen LogP contribution in [0, 0.1) is 0 Å². The maximum Gasteiger partial charge on any atom is 0.330 e. The summed E-state index contributed by atoms with van der Waals surface area (Å²) in [6.07, 6.45) is 4.36. The molecule has 15 heavy (non-hydrogen) atoms. The van der Waals surface area contributed by atoms with Gasteiger partial charge in [-0.15, -0.1) is 0 Å². The minimum Gasteiger partial charge on any atom is -0.462 e. The highest BCUT2D eigenvalue weighted by Crippen LogP contribution is 2.11. The monoisotopic (exact) mass is 214 g/mol. The summed E-state index contributed by atoms with van der Waals surface area (Å²) >= 11 is 0. The van der Waals surface area contributed by atoms with Crippen LogP contribution in [0.2, 0.25) is 0 Å². The van der Waals surface area contributed by atoms with E-state index in [1.807, 2.05) is 0 Å². The summed E-state index contributed by atoms with van der Waals surface area (Å²) in [5.74, 6) is -0.380. The minimum atomic E-state index is -0.380. The zero-order chi connectivity index (χ0) is 10.9. The maximum absolute atomic E-state index is 10.7. The Balaban J connectivity index is 1.84. The van der Waals surface area contributed by atoms with Crippen molar-refractivity contribution < 1.29 is 19.0 Å². The van der Waals surface area contributed by atoms with Gasteiger partial charge in [-0.3, -0.25) is 0 Å². The standard InChI is InChI=1S/C11H18O4/c1-2-11(12)15-8-4-6-13-9-10-5-3-7-14-10/h2,10H,1,3-9H2. The van der Waals surface area contributed by atoms with E-state index in [1.165, 1.54) is 0 Å². The van der Waals surface area contributed by atoms with Crippen molar-refractivity contribution >= 4 is 5.97 Å². The summed E-state index contributed by atoms with van der Waals surface area (Å²) in [5, 5.41) is 0. The van der Waals surface area contributed by atoms with Crippen LogP contribution in [0.15, 0.2) is 12.7 Å². The minimum absolute atomic E-state index is 0.265. The van der Waals surface area contributed by atoms with Crippen LogP contribution in [0.5, 0.6) is 0 Å². The molecule has 4 nitrogen and oxygen atoms in total. The van der Waals surface area contributed by atoms with Crippen LogP contribution in [0.4, 0.5) is 0 Å². The van der Waals surface area contributed by atoms with Crippen LogP contribution >= 0.6 is 0 Å². The summed E-state index contributed by atoms with van der Waals surface area (Å²) < 4.78 is 15.6. The Morgan fingerprint density at radius 2 is 2.40 bits per heavy atom. The molecular formula is C11H18O4. The summed E-state index contributed by atoms with van der Waals surface area (Å²) in [6.45, 7) is 5.79. The zero-order valence-electron chi connectivity index (χ0n) is 8.94. The number of carbonyl (C=O) groups excluding carboxylic acids is 1. The van der Waals surface area contributed by atoms with Gasteiger partial charge in [0.15, 0.2) is 0 Å². The lowest BCUT2D eigenvalue weighted by Gasteiger charge is -2.09. The molecular weight excluding hydrogens is 196 g/mol. The van der Waals surface area contributed by atoms with Crippen LogP contribution in [0.25, 0.3) is 0 Å². The van der Waals surface area contributed by atoms with Crippen molar-refractivity contribution in [2.45, 2.75) is 25.4 Å². The highest BCUT2D eigenvalue weighted by molar-refractivity contribution is 5.81. The number of hydrogen-bond acceptors (Lipinski definition) is 4. The molecule has 1 aliphatic rings. The van der Waals surface area contributed by atoms with E-state index in [1.54, 1.807) is 0 Å². The third kappa shape index (κ3) is 5.54. The highest BCUT2D eigenvalue weighted by Gasteiger charge is 2.14. The molecule has 0 amide bonds.